The number of fused-ring (bicyclic) bond motifs is 3. The number of hydrazine groups is 1. The lowest BCUT2D eigenvalue weighted by Crippen LogP contribution is -2.57. The van der Waals surface area contributed by atoms with Crippen molar-refractivity contribution in [2.75, 3.05) is 6.98 Å². The minimum absolute atomic E-state index is 0.0345. The predicted octanol–water partition coefficient (Wildman–Crippen LogP) is 2.92. The highest BCUT2D eigenvalue weighted by Gasteiger charge is 2.37. The van der Waals surface area contributed by atoms with Gasteiger partial charge < -0.3 is 14.2 Å². The van der Waals surface area contributed by atoms with Crippen molar-refractivity contribution in [1.29, 1.82) is 0 Å². The Kier molecular flexibility index (Phi) is 2.18. The van der Waals surface area contributed by atoms with Crippen LogP contribution in [-0.4, -0.2) is 34.8 Å². The molecule has 2 aliphatic heterocycles. The van der Waals surface area contributed by atoms with Crippen LogP contribution in [-0.2, 0) is 0 Å². The first-order chi connectivity index (χ1) is 11.8. The average molecular weight is 296 g/mol. The Labute approximate surface area is 135 Å². The number of hydrogen-bond donors (Lipinski definition) is 0. The monoisotopic (exact) mass is 296 g/mol. The van der Waals surface area contributed by atoms with Crippen LogP contribution >= 0.6 is 0 Å². The Morgan fingerprint density at radius 1 is 1.27 bits per heavy atom. The molecule has 112 valence electrons. The summed E-state index contributed by atoms with van der Waals surface area (Å²) in [6.45, 7) is 3.91. The van der Waals surface area contributed by atoms with Gasteiger partial charge in [0.05, 0.1) is 0 Å². The van der Waals surface area contributed by atoms with Crippen molar-refractivity contribution in [3.05, 3.63) is 48.1 Å². The minimum atomic E-state index is -2.16. The quantitative estimate of drug-likeness (QED) is 0.755. The van der Waals surface area contributed by atoms with Gasteiger partial charge in [-0.15, -0.1) is 0 Å². The smallest absolute Gasteiger partial charge is 0.315 e. The van der Waals surface area contributed by atoms with E-state index >= 15 is 0 Å². The molecule has 1 aromatic carbocycles. The standard InChI is InChI=1S/C17H20BN3O/c1-12-11-16-17(14-7-5-6-8-15(14)22-16)18(3)21(12)20-10-9-19(4)13(20)2/h5-11,13H,1-4H3/t13-/m0/s1/i4D3. The van der Waals surface area contributed by atoms with Crippen LogP contribution in [0.1, 0.15) is 23.7 Å². The second-order valence-corrected chi connectivity index (χ2v) is 5.90. The molecule has 0 saturated heterocycles. The van der Waals surface area contributed by atoms with Gasteiger partial charge >= 0.3 is 6.85 Å². The zero-order chi connectivity index (χ0) is 17.9. The van der Waals surface area contributed by atoms with Crippen LogP contribution in [0.4, 0.5) is 0 Å². The zero-order valence-electron chi connectivity index (χ0n) is 15.9. The second-order valence-electron chi connectivity index (χ2n) is 5.90. The van der Waals surface area contributed by atoms with Crippen molar-refractivity contribution >= 4 is 29.4 Å². The molecule has 0 aliphatic carbocycles. The van der Waals surface area contributed by atoms with Crippen molar-refractivity contribution in [2.45, 2.75) is 26.8 Å². The average Bonchev–Trinajstić information content (AvgIpc) is 3.07. The van der Waals surface area contributed by atoms with Gasteiger partial charge in [0.15, 0.2) is 0 Å². The van der Waals surface area contributed by atoms with Crippen LogP contribution in [0.15, 0.2) is 46.8 Å². The van der Waals surface area contributed by atoms with Gasteiger partial charge in [-0.05, 0) is 31.5 Å². The van der Waals surface area contributed by atoms with E-state index < -0.39 is 6.98 Å². The molecule has 3 heterocycles. The highest BCUT2D eigenvalue weighted by atomic mass is 16.3. The molecule has 0 N–H and O–H groups in total. The maximum Gasteiger partial charge on any atom is 0.315 e. The molecule has 2 aliphatic rings. The molecule has 1 aromatic heterocycles. The van der Waals surface area contributed by atoms with Crippen LogP contribution in [0.25, 0.3) is 17.0 Å². The van der Waals surface area contributed by atoms with Gasteiger partial charge in [0, 0.05) is 34.6 Å². The first kappa shape index (κ1) is 10.4. The molecule has 0 fully saturated rings. The van der Waals surface area contributed by atoms with Crippen LogP contribution in [0, 0.1) is 0 Å². The summed E-state index contributed by atoms with van der Waals surface area (Å²) in [5.41, 5.74) is 3.02. The summed E-state index contributed by atoms with van der Waals surface area (Å²) >= 11 is 0. The summed E-state index contributed by atoms with van der Waals surface area (Å²) < 4.78 is 29.1. The minimum Gasteiger partial charge on any atom is -0.457 e. The molecule has 0 bridgehead atoms. The third-order valence-electron chi connectivity index (χ3n) is 4.56. The van der Waals surface area contributed by atoms with Crippen LogP contribution in [0.3, 0.4) is 0 Å². The van der Waals surface area contributed by atoms with Crippen molar-refractivity contribution in [1.82, 2.24) is 14.8 Å². The molecular weight excluding hydrogens is 273 g/mol. The topological polar surface area (TPSA) is 22.9 Å². The molecule has 4 nitrogen and oxygen atoms in total. The molecule has 5 heteroatoms. The SMILES string of the molecule is [2H]C([2H])([2H])N1C=CN(N2B(C)c3c(oc4ccccc34)C=C2C)[C@H]1C. The van der Waals surface area contributed by atoms with Crippen molar-refractivity contribution in [3.8, 4) is 0 Å². The van der Waals surface area contributed by atoms with Crippen molar-refractivity contribution in [2.24, 2.45) is 0 Å². The van der Waals surface area contributed by atoms with Gasteiger partial charge in [-0.1, -0.05) is 25.0 Å². The van der Waals surface area contributed by atoms with Crippen molar-refractivity contribution < 1.29 is 8.53 Å². The Morgan fingerprint density at radius 2 is 2.09 bits per heavy atom. The molecule has 4 rings (SSSR count). The fraction of sp³-hybridized carbons (Fsp3) is 0.294. The Bertz CT molecular complexity index is 889. The van der Waals surface area contributed by atoms with E-state index in [-0.39, 0.29) is 13.0 Å². The van der Waals surface area contributed by atoms with E-state index in [1.807, 2.05) is 49.3 Å². The molecule has 2 aromatic rings. The predicted molar refractivity (Wildman–Crippen MR) is 91.2 cm³/mol. The summed E-state index contributed by atoms with van der Waals surface area (Å²) in [5.74, 6) is 0.881. The molecule has 1 atom stereocenters. The lowest BCUT2D eigenvalue weighted by molar-refractivity contribution is 0.0635. The third kappa shape index (κ3) is 1.71. The molecule has 0 saturated carbocycles. The normalized spacial score (nSPS) is 23.5. The summed E-state index contributed by atoms with van der Waals surface area (Å²) in [6, 6.07) is 8.02. The first-order valence-corrected chi connectivity index (χ1v) is 7.53. The molecule has 0 spiro atoms. The van der Waals surface area contributed by atoms with E-state index in [0.717, 1.165) is 27.9 Å². The molecule has 0 unspecified atom stereocenters. The fourth-order valence-electron chi connectivity index (χ4n) is 3.46. The summed E-state index contributed by atoms with van der Waals surface area (Å²) in [4.78, 5) is 3.53. The highest BCUT2D eigenvalue weighted by Crippen LogP contribution is 2.29. The van der Waals surface area contributed by atoms with Crippen LogP contribution < -0.4 is 5.46 Å². The second kappa shape index (κ2) is 4.60. The number of para-hydroxylation sites is 1. The maximum absolute atomic E-state index is 7.70. The van der Waals surface area contributed by atoms with Gasteiger partial charge in [0.25, 0.3) is 0 Å². The van der Waals surface area contributed by atoms with E-state index in [2.05, 4.69) is 17.8 Å². The Hall–Kier alpha value is -2.30. The van der Waals surface area contributed by atoms with E-state index in [9.17, 15) is 0 Å². The molecule has 0 amide bonds. The molecule has 22 heavy (non-hydrogen) atoms. The molecule has 0 radical (unpaired) electrons. The zero-order valence-corrected chi connectivity index (χ0v) is 12.9. The largest absolute Gasteiger partial charge is 0.457 e. The highest BCUT2D eigenvalue weighted by molar-refractivity contribution is 6.73. The number of nitrogens with zero attached hydrogens (tertiary/aromatic N) is 3. The summed E-state index contributed by atoms with van der Waals surface area (Å²) in [7, 11) is 0. The Balaban J connectivity index is 1.75. The number of rotatable bonds is 1. The maximum atomic E-state index is 7.70. The van der Waals surface area contributed by atoms with Crippen molar-refractivity contribution in [3.63, 3.8) is 0 Å². The van der Waals surface area contributed by atoms with Gasteiger partial charge in [-0.25, -0.2) is 0 Å². The van der Waals surface area contributed by atoms with Crippen LogP contribution in [0.2, 0.25) is 6.82 Å². The number of furan rings is 1. The summed E-state index contributed by atoms with van der Waals surface area (Å²) in [5, 5.41) is 3.08. The fourth-order valence-corrected chi connectivity index (χ4v) is 3.46. The van der Waals surface area contributed by atoms with Crippen LogP contribution in [0.5, 0.6) is 0 Å². The van der Waals surface area contributed by atoms with E-state index in [0.29, 0.717) is 0 Å². The summed E-state index contributed by atoms with van der Waals surface area (Å²) in [6.07, 6.45) is 5.20. The van der Waals surface area contributed by atoms with E-state index in [1.165, 1.54) is 4.90 Å². The number of benzene rings is 1. The third-order valence-corrected chi connectivity index (χ3v) is 4.56. The van der Waals surface area contributed by atoms with Gasteiger partial charge in [0.2, 0.25) is 0 Å². The first-order valence-electron chi connectivity index (χ1n) is 9.03. The Morgan fingerprint density at radius 3 is 2.86 bits per heavy atom. The van der Waals surface area contributed by atoms with Gasteiger partial charge in [0.1, 0.15) is 17.5 Å². The van der Waals surface area contributed by atoms with Gasteiger partial charge in [-0.2, -0.15) is 0 Å². The lowest BCUT2D eigenvalue weighted by atomic mass is 9.55. The molecular formula is C17H20BN3O. The lowest BCUT2D eigenvalue weighted by Gasteiger charge is -2.43. The van der Waals surface area contributed by atoms with E-state index in [1.54, 1.807) is 6.20 Å². The van der Waals surface area contributed by atoms with E-state index in [4.69, 9.17) is 8.53 Å². The van der Waals surface area contributed by atoms with Gasteiger partial charge in [-0.3, -0.25) is 5.01 Å². The number of hydrogen-bond acceptors (Lipinski definition) is 4. The number of allylic oxidation sites excluding steroid dienone is 1.